The Balaban J connectivity index is 1.81. The first-order valence-electron chi connectivity index (χ1n) is 6.72. The van der Waals surface area contributed by atoms with E-state index in [0.717, 1.165) is 0 Å². The van der Waals surface area contributed by atoms with Crippen LogP contribution in [0.4, 0.5) is 0 Å². The summed E-state index contributed by atoms with van der Waals surface area (Å²) in [7, 11) is 1.97. The number of rotatable bonds is 4. The summed E-state index contributed by atoms with van der Waals surface area (Å²) < 4.78 is 1.90. The van der Waals surface area contributed by atoms with Crippen molar-refractivity contribution in [1.29, 1.82) is 0 Å². The average molecular weight is 256 g/mol. The molecule has 2 aromatic rings. The SMILES string of the molecule is Cc1c(C(NN)C2CC2c2ccccc2)cnn1C. The molecule has 0 radical (unpaired) electrons. The highest BCUT2D eigenvalue weighted by atomic mass is 15.3. The predicted molar refractivity (Wildman–Crippen MR) is 75.3 cm³/mol. The molecule has 1 saturated carbocycles. The predicted octanol–water partition coefficient (Wildman–Crippen LogP) is 2.04. The van der Waals surface area contributed by atoms with Crippen molar-refractivity contribution < 1.29 is 0 Å². The van der Waals surface area contributed by atoms with Crippen LogP contribution in [-0.2, 0) is 7.05 Å². The van der Waals surface area contributed by atoms with Crippen LogP contribution < -0.4 is 11.3 Å². The van der Waals surface area contributed by atoms with Crippen LogP contribution in [0.5, 0.6) is 0 Å². The molecule has 3 N–H and O–H groups in total. The molecule has 1 aromatic heterocycles. The lowest BCUT2D eigenvalue weighted by atomic mass is 10.00. The monoisotopic (exact) mass is 256 g/mol. The maximum Gasteiger partial charge on any atom is 0.0540 e. The lowest BCUT2D eigenvalue weighted by Crippen LogP contribution is -2.30. The standard InChI is InChI=1S/C15H20N4/c1-10-14(9-17-19(10)2)15(18-16)13-8-12(13)11-6-4-3-5-7-11/h3-7,9,12-13,15,18H,8,16H2,1-2H3. The van der Waals surface area contributed by atoms with Gasteiger partial charge in [0.1, 0.15) is 0 Å². The molecule has 0 aliphatic heterocycles. The fourth-order valence-electron chi connectivity index (χ4n) is 2.93. The summed E-state index contributed by atoms with van der Waals surface area (Å²) in [5.41, 5.74) is 6.79. The van der Waals surface area contributed by atoms with E-state index >= 15 is 0 Å². The van der Waals surface area contributed by atoms with E-state index in [9.17, 15) is 0 Å². The van der Waals surface area contributed by atoms with E-state index in [1.54, 1.807) is 0 Å². The molecule has 1 aliphatic rings. The molecule has 4 nitrogen and oxygen atoms in total. The first-order chi connectivity index (χ1) is 9.22. The Morgan fingerprint density at radius 2 is 2.11 bits per heavy atom. The average Bonchev–Trinajstić information content (AvgIpc) is 3.16. The molecule has 1 fully saturated rings. The largest absolute Gasteiger partial charge is 0.273 e. The highest BCUT2D eigenvalue weighted by molar-refractivity contribution is 5.31. The van der Waals surface area contributed by atoms with Crippen LogP contribution in [0, 0.1) is 12.8 Å². The van der Waals surface area contributed by atoms with Gasteiger partial charge in [-0.2, -0.15) is 5.10 Å². The molecule has 3 unspecified atom stereocenters. The molecule has 1 aliphatic carbocycles. The van der Waals surface area contributed by atoms with Gasteiger partial charge in [0.05, 0.1) is 12.2 Å². The molecule has 0 spiro atoms. The zero-order valence-electron chi connectivity index (χ0n) is 11.4. The minimum absolute atomic E-state index is 0.193. The normalized spacial score (nSPS) is 23.3. The molecule has 0 amide bonds. The van der Waals surface area contributed by atoms with Crippen LogP contribution in [0.25, 0.3) is 0 Å². The summed E-state index contributed by atoms with van der Waals surface area (Å²) in [5, 5.41) is 4.31. The number of benzene rings is 1. The number of nitrogens with one attached hydrogen (secondary N) is 1. The van der Waals surface area contributed by atoms with Crippen LogP contribution in [0.1, 0.15) is 35.2 Å². The van der Waals surface area contributed by atoms with Crippen LogP contribution in [-0.4, -0.2) is 9.78 Å². The fraction of sp³-hybridized carbons (Fsp3) is 0.400. The van der Waals surface area contributed by atoms with Gasteiger partial charge in [-0.25, -0.2) is 0 Å². The van der Waals surface area contributed by atoms with Gasteiger partial charge >= 0.3 is 0 Å². The summed E-state index contributed by atoms with van der Waals surface area (Å²) in [6, 6.07) is 10.9. The fourth-order valence-corrected chi connectivity index (χ4v) is 2.93. The molecule has 0 bridgehead atoms. The second kappa shape index (κ2) is 4.79. The third-order valence-corrected chi connectivity index (χ3v) is 4.28. The Morgan fingerprint density at radius 1 is 1.37 bits per heavy atom. The number of nitrogens with zero attached hydrogens (tertiary/aromatic N) is 2. The first-order valence-corrected chi connectivity index (χ1v) is 6.72. The molecule has 1 heterocycles. The van der Waals surface area contributed by atoms with Gasteiger partial charge in [-0.1, -0.05) is 30.3 Å². The summed E-state index contributed by atoms with van der Waals surface area (Å²) >= 11 is 0. The van der Waals surface area contributed by atoms with E-state index in [0.29, 0.717) is 11.8 Å². The van der Waals surface area contributed by atoms with Gasteiger partial charge in [0, 0.05) is 18.3 Å². The molecule has 0 saturated heterocycles. The Morgan fingerprint density at radius 3 is 2.68 bits per heavy atom. The highest BCUT2D eigenvalue weighted by Gasteiger charge is 2.44. The zero-order valence-corrected chi connectivity index (χ0v) is 11.4. The Hall–Kier alpha value is -1.65. The van der Waals surface area contributed by atoms with Crippen LogP contribution >= 0.6 is 0 Å². The third kappa shape index (κ3) is 2.17. The van der Waals surface area contributed by atoms with Crippen molar-refractivity contribution >= 4 is 0 Å². The lowest BCUT2D eigenvalue weighted by molar-refractivity contribution is 0.484. The molecule has 3 atom stereocenters. The van der Waals surface area contributed by atoms with Crippen molar-refractivity contribution in [1.82, 2.24) is 15.2 Å². The summed E-state index contributed by atoms with van der Waals surface area (Å²) in [5.74, 6) is 6.96. The van der Waals surface area contributed by atoms with E-state index < -0.39 is 0 Å². The Labute approximate surface area is 113 Å². The molecular formula is C15H20N4. The molecule has 100 valence electrons. The number of hydrogen-bond acceptors (Lipinski definition) is 3. The maximum atomic E-state index is 5.78. The van der Waals surface area contributed by atoms with Gasteiger partial charge in [0.15, 0.2) is 0 Å². The minimum Gasteiger partial charge on any atom is -0.273 e. The van der Waals surface area contributed by atoms with Crippen molar-refractivity contribution in [2.24, 2.45) is 18.8 Å². The van der Waals surface area contributed by atoms with E-state index in [-0.39, 0.29) is 6.04 Å². The molecule has 1 aromatic carbocycles. The van der Waals surface area contributed by atoms with Gasteiger partial charge in [-0.15, -0.1) is 0 Å². The number of aryl methyl sites for hydroxylation is 1. The van der Waals surface area contributed by atoms with Crippen molar-refractivity contribution in [2.45, 2.75) is 25.3 Å². The van der Waals surface area contributed by atoms with E-state index in [1.807, 2.05) is 17.9 Å². The zero-order chi connectivity index (χ0) is 13.4. The molecule has 4 heteroatoms. The van der Waals surface area contributed by atoms with Crippen LogP contribution in [0.15, 0.2) is 36.5 Å². The quantitative estimate of drug-likeness (QED) is 0.650. The van der Waals surface area contributed by atoms with Gasteiger partial charge in [0.25, 0.3) is 0 Å². The molecule has 19 heavy (non-hydrogen) atoms. The summed E-state index contributed by atoms with van der Waals surface area (Å²) in [4.78, 5) is 0. The first kappa shape index (κ1) is 12.4. The van der Waals surface area contributed by atoms with Crippen molar-refractivity contribution in [3.8, 4) is 0 Å². The maximum absolute atomic E-state index is 5.78. The minimum atomic E-state index is 0.193. The highest BCUT2D eigenvalue weighted by Crippen LogP contribution is 2.54. The van der Waals surface area contributed by atoms with Crippen LogP contribution in [0.2, 0.25) is 0 Å². The number of nitrogens with two attached hydrogens (primary N) is 1. The third-order valence-electron chi connectivity index (χ3n) is 4.28. The van der Waals surface area contributed by atoms with Crippen molar-refractivity contribution in [3.63, 3.8) is 0 Å². The smallest absolute Gasteiger partial charge is 0.0540 e. The van der Waals surface area contributed by atoms with E-state index in [4.69, 9.17) is 5.84 Å². The van der Waals surface area contributed by atoms with Crippen molar-refractivity contribution in [2.75, 3.05) is 0 Å². The second-order valence-corrected chi connectivity index (χ2v) is 5.37. The number of hydrazine groups is 1. The summed E-state index contributed by atoms with van der Waals surface area (Å²) in [6.45, 7) is 2.09. The Kier molecular flexibility index (Phi) is 3.12. The number of aromatic nitrogens is 2. The summed E-state index contributed by atoms with van der Waals surface area (Å²) in [6.07, 6.45) is 3.12. The Bertz CT molecular complexity index is 561. The van der Waals surface area contributed by atoms with Crippen molar-refractivity contribution in [3.05, 3.63) is 53.3 Å². The van der Waals surface area contributed by atoms with E-state index in [1.165, 1.54) is 23.2 Å². The lowest BCUT2D eigenvalue weighted by Gasteiger charge is -2.16. The van der Waals surface area contributed by atoms with Gasteiger partial charge in [-0.3, -0.25) is 16.0 Å². The van der Waals surface area contributed by atoms with E-state index in [2.05, 4.69) is 47.8 Å². The molecular weight excluding hydrogens is 236 g/mol. The topological polar surface area (TPSA) is 55.9 Å². The second-order valence-electron chi connectivity index (χ2n) is 5.37. The molecule has 3 rings (SSSR count). The van der Waals surface area contributed by atoms with Gasteiger partial charge in [0.2, 0.25) is 0 Å². The number of hydrogen-bond donors (Lipinski definition) is 2. The van der Waals surface area contributed by atoms with Crippen LogP contribution in [0.3, 0.4) is 0 Å². The van der Waals surface area contributed by atoms with Gasteiger partial charge in [-0.05, 0) is 30.7 Å². The van der Waals surface area contributed by atoms with Gasteiger partial charge < -0.3 is 0 Å².